The highest BCUT2D eigenvalue weighted by atomic mass is 35.5. The van der Waals surface area contributed by atoms with Crippen LogP contribution >= 0.6 is 11.6 Å². The van der Waals surface area contributed by atoms with Crippen LogP contribution in [0.4, 0.5) is 0 Å². The fourth-order valence-corrected chi connectivity index (χ4v) is 2.72. The summed E-state index contributed by atoms with van der Waals surface area (Å²) in [7, 11) is 0. The van der Waals surface area contributed by atoms with Gasteiger partial charge in [0.25, 0.3) is 5.91 Å². The van der Waals surface area contributed by atoms with E-state index >= 15 is 0 Å². The molecule has 1 saturated carbocycles. The first-order valence-electron chi connectivity index (χ1n) is 7.08. The quantitative estimate of drug-likeness (QED) is 0.840. The predicted octanol–water partition coefficient (Wildman–Crippen LogP) is 2.89. The molecule has 20 heavy (non-hydrogen) atoms. The lowest BCUT2D eigenvalue weighted by Crippen LogP contribution is -2.40. The number of hydrogen-bond acceptors (Lipinski definition) is 3. The molecule has 0 aromatic carbocycles. The molecule has 1 aliphatic carbocycles. The molecule has 1 aromatic rings. The Morgan fingerprint density at radius 3 is 2.70 bits per heavy atom. The maximum absolute atomic E-state index is 12.2. The van der Waals surface area contributed by atoms with Crippen LogP contribution in [0.1, 0.15) is 61.5 Å². The Kier molecular flexibility index (Phi) is 4.66. The van der Waals surface area contributed by atoms with Crippen molar-refractivity contribution >= 4 is 17.5 Å². The lowest BCUT2D eigenvalue weighted by Gasteiger charge is -2.22. The molecule has 0 aliphatic heterocycles. The second-order valence-corrected chi connectivity index (χ2v) is 6.26. The van der Waals surface area contributed by atoms with E-state index in [9.17, 15) is 9.90 Å². The Balaban J connectivity index is 2.05. The van der Waals surface area contributed by atoms with Gasteiger partial charge in [0.1, 0.15) is 5.15 Å². The summed E-state index contributed by atoms with van der Waals surface area (Å²) >= 11 is 5.95. The minimum absolute atomic E-state index is 0.208. The number of halogens is 1. The summed E-state index contributed by atoms with van der Waals surface area (Å²) < 4.78 is 0. The molecule has 1 aromatic heterocycles. The second kappa shape index (κ2) is 6.10. The molecule has 1 heterocycles. The summed E-state index contributed by atoms with van der Waals surface area (Å²) in [6, 6.07) is 3.31. The summed E-state index contributed by atoms with van der Waals surface area (Å²) in [5.41, 5.74) is 0.547. The second-order valence-electron chi connectivity index (χ2n) is 5.87. The largest absolute Gasteiger partial charge is 0.388 e. The first-order chi connectivity index (χ1) is 9.39. The normalized spacial score (nSPS) is 17.4. The van der Waals surface area contributed by atoms with Gasteiger partial charge in [-0.25, -0.2) is 4.98 Å². The SMILES string of the molecule is CC(C)c1cc(C(=O)NCC2(O)CCCC2)cc(Cl)n1. The van der Waals surface area contributed by atoms with Gasteiger partial charge in [-0.2, -0.15) is 0 Å². The number of nitrogens with zero attached hydrogens (tertiary/aromatic N) is 1. The minimum Gasteiger partial charge on any atom is -0.388 e. The molecule has 2 rings (SSSR count). The van der Waals surface area contributed by atoms with Crippen molar-refractivity contribution < 1.29 is 9.90 Å². The minimum atomic E-state index is -0.743. The molecular formula is C15H21ClN2O2. The van der Waals surface area contributed by atoms with E-state index in [1.54, 1.807) is 12.1 Å². The standard InChI is InChI=1S/C15H21ClN2O2/c1-10(2)12-7-11(8-13(16)18-12)14(19)17-9-15(20)5-3-4-6-15/h7-8,10,20H,3-6,9H2,1-2H3,(H,17,19). The zero-order chi connectivity index (χ0) is 14.8. The van der Waals surface area contributed by atoms with Crippen molar-refractivity contribution in [3.05, 3.63) is 28.5 Å². The van der Waals surface area contributed by atoms with Crippen molar-refractivity contribution in [1.82, 2.24) is 10.3 Å². The lowest BCUT2D eigenvalue weighted by atomic mass is 10.0. The Morgan fingerprint density at radius 1 is 1.45 bits per heavy atom. The van der Waals surface area contributed by atoms with Crippen LogP contribution in [0.15, 0.2) is 12.1 Å². The van der Waals surface area contributed by atoms with Gasteiger partial charge in [0, 0.05) is 17.8 Å². The highest BCUT2D eigenvalue weighted by Crippen LogP contribution is 2.28. The Morgan fingerprint density at radius 2 is 2.10 bits per heavy atom. The van der Waals surface area contributed by atoms with E-state index in [-0.39, 0.29) is 11.8 Å². The highest BCUT2D eigenvalue weighted by Gasteiger charge is 2.31. The van der Waals surface area contributed by atoms with Crippen LogP contribution in [-0.2, 0) is 0 Å². The number of carbonyl (C=O) groups excluding carboxylic acids is 1. The molecule has 0 spiro atoms. The Labute approximate surface area is 124 Å². The van der Waals surface area contributed by atoms with Crippen molar-refractivity contribution in [2.75, 3.05) is 6.54 Å². The van der Waals surface area contributed by atoms with Gasteiger partial charge >= 0.3 is 0 Å². The molecule has 1 aliphatic rings. The number of amides is 1. The van der Waals surface area contributed by atoms with Crippen LogP contribution in [0.3, 0.4) is 0 Å². The fraction of sp³-hybridized carbons (Fsp3) is 0.600. The van der Waals surface area contributed by atoms with Crippen molar-refractivity contribution in [2.45, 2.75) is 51.0 Å². The van der Waals surface area contributed by atoms with E-state index in [4.69, 9.17) is 11.6 Å². The summed E-state index contributed by atoms with van der Waals surface area (Å²) in [6.07, 6.45) is 3.54. The van der Waals surface area contributed by atoms with Gasteiger partial charge in [-0.05, 0) is 30.9 Å². The molecule has 0 radical (unpaired) electrons. The highest BCUT2D eigenvalue weighted by molar-refractivity contribution is 6.29. The predicted molar refractivity (Wildman–Crippen MR) is 79.1 cm³/mol. The first-order valence-corrected chi connectivity index (χ1v) is 7.45. The zero-order valence-corrected chi connectivity index (χ0v) is 12.7. The monoisotopic (exact) mass is 296 g/mol. The van der Waals surface area contributed by atoms with Crippen LogP contribution in [0.2, 0.25) is 5.15 Å². The van der Waals surface area contributed by atoms with Crippen LogP contribution in [0, 0.1) is 0 Å². The lowest BCUT2D eigenvalue weighted by molar-refractivity contribution is 0.0449. The molecule has 1 fully saturated rings. The summed E-state index contributed by atoms with van der Waals surface area (Å²) in [4.78, 5) is 16.4. The number of nitrogens with one attached hydrogen (secondary N) is 1. The van der Waals surface area contributed by atoms with Crippen LogP contribution in [0.25, 0.3) is 0 Å². The number of pyridine rings is 1. The molecule has 110 valence electrons. The molecule has 1 amide bonds. The zero-order valence-electron chi connectivity index (χ0n) is 11.9. The first kappa shape index (κ1) is 15.3. The van der Waals surface area contributed by atoms with Crippen molar-refractivity contribution in [2.24, 2.45) is 0 Å². The van der Waals surface area contributed by atoms with Crippen LogP contribution in [-0.4, -0.2) is 28.1 Å². The topological polar surface area (TPSA) is 62.2 Å². The van der Waals surface area contributed by atoms with E-state index in [1.807, 2.05) is 13.8 Å². The smallest absolute Gasteiger partial charge is 0.251 e. The van der Waals surface area contributed by atoms with Gasteiger partial charge < -0.3 is 10.4 Å². The third-order valence-electron chi connectivity index (χ3n) is 3.78. The molecular weight excluding hydrogens is 276 g/mol. The molecule has 5 heteroatoms. The maximum Gasteiger partial charge on any atom is 0.251 e. The molecule has 0 unspecified atom stereocenters. The van der Waals surface area contributed by atoms with E-state index in [1.165, 1.54) is 0 Å². The van der Waals surface area contributed by atoms with Crippen LogP contribution < -0.4 is 5.32 Å². The van der Waals surface area contributed by atoms with E-state index in [0.717, 1.165) is 31.4 Å². The van der Waals surface area contributed by atoms with Gasteiger partial charge in [0.15, 0.2) is 0 Å². The molecule has 0 bridgehead atoms. The van der Waals surface area contributed by atoms with Crippen molar-refractivity contribution in [3.8, 4) is 0 Å². The molecule has 2 N–H and O–H groups in total. The van der Waals surface area contributed by atoms with Crippen molar-refractivity contribution in [1.29, 1.82) is 0 Å². The Hall–Kier alpha value is -1.13. The van der Waals surface area contributed by atoms with Gasteiger partial charge in [-0.15, -0.1) is 0 Å². The Bertz CT molecular complexity index is 497. The average Bonchev–Trinajstić information content (AvgIpc) is 2.82. The number of carbonyl (C=O) groups is 1. The van der Waals surface area contributed by atoms with Crippen molar-refractivity contribution in [3.63, 3.8) is 0 Å². The molecule has 0 saturated heterocycles. The van der Waals surface area contributed by atoms with Gasteiger partial charge in [0.05, 0.1) is 5.60 Å². The summed E-state index contributed by atoms with van der Waals surface area (Å²) in [5, 5.41) is 13.4. The fourth-order valence-electron chi connectivity index (χ4n) is 2.50. The number of hydrogen-bond donors (Lipinski definition) is 2. The maximum atomic E-state index is 12.2. The van der Waals surface area contributed by atoms with Crippen LogP contribution in [0.5, 0.6) is 0 Å². The van der Waals surface area contributed by atoms with E-state index in [2.05, 4.69) is 10.3 Å². The molecule has 0 atom stereocenters. The van der Waals surface area contributed by atoms with Gasteiger partial charge in [-0.1, -0.05) is 38.3 Å². The summed E-state index contributed by atoms with van der Waals surface area (Å²) in [6.45, 7) is 4.30. The number of aromatic nitrogens is 1. The van der Waals surface area contributed by atoms with E-state index in [0.29, 0.717) is 17.3 Å². The van der Waals surface area contributed by atoms with Gasteiger partial charge in [-0.3, -0.25) is 4.79 Å². The van der Waals surface area contributed by atoms with E-state index < -0.39 is 5.60 Å². The average molecular weight is 297 g/mol. The number of aliphatic hydroxyl groups is 1. The summed E-state index contributed by atoms with van der Waals surface area (Å²) in [5.74, 6) is -0.00390. The van der Waals surface area contributed by atoms with Gasteiger partial charge in [0.2, 0.25) is 0 Å². The molecule has 4 nitrogen and oxygen atoms in total. The number of rotatable bonds is 4. The third-order valence-corrected chi connectivity index (χ3v) is 3.97. The third kappa shape index (κ3) is 3.70.